The van der Waals surface area contributed by atoms with Crippen LogP contribution in [0.2, 0.25) is 0 Å². The normalized spacial score (nSPS) is 18.5. The highest BCUT2D eigenvalue weighted by Gasteiger charge is 2.39. The molecule has 0 radical (unpaired) electrons. The van der Waals surface area contributed by atoms with Crippen molar-refractivity contribution in [2.24, 2.45) is 4.99 Å². The number of fused-ring (bicyclic) bond motifs is 6. The van der Waals surface area contributed by atoms with E-state index >= 15 is 0 Å². The predicted octanol–water partition coefficient (Wildman–Crippen LogP) is 13.2. The Hall–Kier alpha value is -6.75. The van der Waals surface area contributed by atoms with Gasteiger partial charge in [0.25, 0.3) is 0 Å². The Labute approximate surface area is 330 Å². The number of hydrogen-bond acceptors (Lipinski definition) is 4. The number of thiophene rings is 1. The number of para-hydroxylation sites is 1. The monoisotopic (exact) mass is 735 g/mol. The van der Waals surface area contributed by atoms with Crippen LogP contribution in [0, 0.1) is 0 Å². The molecule has 56 heavy (non-hydrogen) atoms. The minimum absolute atomic E-state index is 0.0992. The molecule has 4 heteroatoms. The third-order valence-electron chi connectivity index (χ3n) is 11.5. The second-order valence-electron chi connectivity index (χ2n) is 14.7. The Morgan fingerprint density at radius 2 is 1.14 bits per heavy atom. The fourth-order valence-electron chi connectivity index (χ4n) is 8.77. The molecule has 3 unspecified atom stereocenters. The van der Waals surface area contributed by atoms with Gasteiger partial charge in [0.1, 0.15) is 5.84 Å². The Morgan fingerprint density at radius 3 is 1.91 bits per heavy atom. The van der Waals surface area contributed by atoms with Gasteiger partial charge in [-0.05, 0) is 57.2 Å². The van der Waals surface area contributed by atoms with Crippen LogP contribution in [0.25, 0.3) is 42.4 Å². The van der Waals surface area contributed by atoms with Gasteiger partial charge in [0.15, 0.2) is 0 Å². The van der Waals surface area contributed by atoms with Gasteiger partial charge in [-0.2, -0.15) is 0 Å². The number of amidine groups is 1. The maximum absolute atomic E-state index is 5.28. The highest BCUT2D eigenvalue weighted by molar-refractivity contribution is 7.27. The van der Waals surface area contributed by atoms with Gasteiger partial charge in [-0.25, -0.2) is 0 Å². The molecule has 0 fully saturated rings. The fourth-order valence-corrected chi connectivity index (χ4v) is 10.1. The van der Waals surface area contributed by atoms with Crippen LogP contribution in [-0.2, 0) is 0 Å². The summed E-state index contributed by atoms with van der Waals surface area (Å²) < 4.78 is 2.65. The third-order valence-corrected chi connectivity index (χ3v) is 12.7. The zero-order valence-corrected chi connectivity index (χ0v) is 31.4. The van der Waals surface area contributed by atoms with Crippen LogP contribution in [0.4, 0.5) is 11.4 Å². The number of benzene rings is 7. The van der Waals surface area contributed by atoms with Crippen molar-refractivity contribution in [1.82, 2.24) is 5.32 Å². The molecule has 0 spiro atoms. The van der Waals surface area contributed by atoms with Gasteiger partial charge in [0, 0.05) is 38.3 Å². The van der Waals surface area contributed by atoms with Crippen molar-refractivity contribution in [2.75, 3.05) is 4.90 Å². The second kappa shape index (κ2) is 13.5. The van der Waals surface area contributed by atoms with Crippen LogP contribution in [0.3, 0.4) is 0 Å². The number of allylic oxidation sites excluding steroid dienone is 1. The molecule has 1 N–H and O–H groups in total. The summed E-state index contributed by atoms with van der Waals surface area (Å²) in [5.74, 6) is 1.11. The van der Waals surface area contributed by atoms with E-state index in [0.717, 1.165) is 22.7 Å². The topological polar surface area (TPSA) is 27.6 Å². The van der Waals surface area contributed by atoms with Crippen molar-refractivity contribution in [3.05, 3.63) is 228 Å². The van der Waals surface area contributed by atoms with Gasteiger partial charge >= 0.3 is 0 Å². The van der Waals surface area contributed by atoms with Crippen LogP contribution in [-0.4, -0.2) is 11.9 Å². The van der Waals surface area contributed by atoms with Crippen LogP contribution in [0.15, 0.2) is 216 Å². The van der Waals surface area contributed by atoms with Crippen molar-refractivity contribution in [2.45, 2.75) is 18.0 Å². The third kappa shape index (κ3) is 5.53. The lowest BCUT2D eigenvalue weighted by molar-refractivity contribution is 0.737. The van der Waals surface area contributed by atoms with E-state index in [1.165, 1.54) is 64.9 Å². The first-order valence-electron chi connectivity index (χ1n) is 19.3. The molecule has 1 aromatic heterocycles. The van der Waals surface area contributed by atoms with Gasteiger partial charge in [0.05, 0.1) is 22.5 Å². The van der Waals surface area contributed by atoms with Crippen molar-refractivity contribution >= 4 is 48.7 Å². The van der Waals surface area contributed by atoms with Gasteiger partial charge in [0.2, 0.25) is 0 Å². The molecule has 7 aromatic carbocycles. The summed E-state index contributed by atoms with van der Waals surface area (Å²) in [6.07, 6.45) is 9.51. The van der Waals surface area contributed by atoms with E-state index in [9.17, 15) is 0 Å². The molecule has 266 valence electrons. The van der Waals surface area contributed by atoms with E-state index < -0.39 is 0 Å². The Bertz CT molecular complexity index is 2880. The lowest BCUT2D eigenvalue weighted by Gasteiger charge is -2.32. The largest absolute Gasteiger partial charge is 0.340 e. The van der Waals surface area contributed by atoms with Crippen LogP contribution < -0.4 is 10.2 Å². The smallest absolute Gasteiger partial charge is 0.133 e. The number of anilines is 2. The van der Waals surface area contributed by atoms with Crippen molar-refractivity contribution < 1.29 is 0 Å². The van der Waals surface area contributed by atoms with Gasteiger partial charge in [-0.15, -0.1) is 11.3 Å². The molecule has 3 atom stereocenters. The first-order chi connectivity index (χ1) is 27.8. The number of aliphatic imine (C=N–C) groups is 1. The van der Waals surface area contributed by atoms with E-state index in [0.29, 0.717) is 0 Å². The molecule has 1 aliphatic carbocycles. The zero-order valence-electron chi connectivity index (χ0n) is 30.6. The summed E-state index contributed by atoms with van der Waals surface area (Å²) in [6.45, 7) is 0. The average Bonchev–Trinajstić information content (AvgIpc) is 3.83. The van der Waals surface area contributed by atoms with E-state index in [1.807, 2.05) is 11.3 Å². The summed E-state index contributed by atoms with van der Waals surface area (Å²) in [4.78, 5) is 7.88. The Kier molecular flexibility index (Phi) is 7.89. The summed E-state index contributed by atoms with van der Waals surface area (Å²) >= 11 is 1.91. The van der Waals surface area contributed by atoms with Crippen LogP contribution >= 0.6 is 11.3 Å². The highest BCUT2D eigenvalue weighted by Crippen LogP contribution is 2.52. The molecule has 8 aromatic rings. The Balaban J connectivity index is 1.02. The average molecular weight is 736 g/mol. The first kappa shape index (κ1) is 32.7. The van der Waals surface area contributed by atoms with Gasteiger partial charge in [-0.3, -0.25) is 4.99 Å². The molecular weight excluding hydrogens is 699 g/mol. The predicted molar refractivity (Wildman–Crippen MR) is 236 cm³/mol. The molecule has 0 saturated heterocycles. The SMILES string of the molecule is C1=CC2c3ccccc3N(c3cccc4c3sc3c(-c5ccccc5)cccc34)C2C=C1C1=CC(c2ccc(-c3ccccc3)cc2)N=C(c2ccccc2)N1. The molecule has 11 rings (SSSR count). The summed E-state index contributed by atoms with van der Waals surface area (Å²) in [7, 11) is 0. The van der Waals surface area contributed by atoms with E-state index in [4.69, 9.17) is 4.99 Å². The second-order valence-corrected chi connectivity index (χ2v) is 15.7. The molecule has 0 saturated carbocycles. The Morgan fingerprint density at radius 1 is 0.518 bits per heavy atom. The van der Waals surface area contributed by atoms with E-state index in [-0.39, 0.29) is 18.0 Å². The summed E-state index contributed by atoms with van der Waals surface area (Å²) in [6, 6.07) is 63.2. The maximum Gasteiger partial charge on any atom is 0.133 e. The van der Waals surface area contributed by atoms with Crippen molar-refractivity contribution in [3.8, 4) is 22.3 Å². The lowest BCUT2D eigenvalue weighted by Crippen LogP contribution is -2.33. The van der Waals surface area contributed by atoms with Crippen LogP contribution in [0.5, 0.6) is 0 Å². The zero-order chi connectivity index (χ0) is 37.0. The minimum atomic E-state index is -0.138. The van der Waals surface area contributed by atoms with Crippen molar-refractivity contribution in [3.63, 3.8) is 0 Å². The van der Waals surface area contributed by atoms with Crippen LogP contribution in [0.1, 0.15) is 28.7 Å². The molecule has 3 aliphatic rings. The number of rotatable bonds is 6. The molecular formula is C52H37N3S. The minimum Gasteiger partial charge on any atom is -0.340 e. The number of nitrogens with zero attached hydrogens (tertiary/aromatic N) is 2. The molecule has 0 amide bonds. The number of nitrogens with one attached hydrogen (secondary N) is 1. The first-order valence-corrected chi connectivity index (χ1v) is 20.1. The summed E-state index contributed by atoms with van der Waals surface area (Å²) in [5.41, 5.74) is 13.3. The molecule has 3 heterocycles. The molecule has 3 nitrogen and oxygen atoms in total. The molecule has 2 aliphatic heterocycles. The summed E-state index contributed by atoms with van der Waals surface area (Å²) in [5, 5.41) is 6.39. The fraction of sp³-hybridized carbons (Fsp3) is 0.0577. The standard InChI is InChI=1S/C52H37N3S/c1-4-14-34(15-5-1)35-26-28-37(29-27-35)45-33-46(54-52(53-45)38-18-8-3-9-19-38)39-30-31-42-41-20-10-11-24-47(41)55(49(42)32-39)48-25-13-23-44-43-22-12-21-40(50(43)56-51(44)48)36-16-6-2-7-17-36/h1-33,42,45,49H,(H,53,54). The quantitative estimate of drug-likeness (QED) is 0.184. The van der Waals surface area contributed by atoms with Crippen molar-refractivity contribution in [1.29, 1.82) is 0 Å². The van der Waals surface area contributed by atoms with E-state index in [1.54, 1.807) is 0 Å². The molecule has 0 bridgehead atoms. The van der Waals surface area contributed by atoms with Gasteiger partial charge in [-0.1, -0.05) is 182 Å². The number of hydrogen-bond donors (Lipinski definition) is 1. The maximum atomic E-state index is 5.28. The van der Waals surface area contributed by atoms with E-state index in [2.05, 4.69) is 210 Å². The highest BCUT2D eigenvalue weighted by atomic mass is 32.1. The lowest BCUT2D eigenvalue weighted by atomic mass is 9.87. The van der Waals surface area contributed by atoms with Gasteiger partial charge < -0.3 is 10.2 Å².